The molecule has 0 fully saturated rings. The molecule has 0 aliphatic heterocycles. The van der Waals surface area contributed by atoms with Crippen molar-refractivity contribution in [2.45, 2.75) is 19.7 Å². The number of nitrogens with zero attached hydrogens (tertiary/aromatic N) is 1. The van der Waals surface area contributed by atoms with Crippen LogP contribution in [0.3, 0.4) is 0 Å². The van der Waals surface area contributed by atoms with Crippen molar-refractivity contribution in [3.8, 4) is 6.07 Å². The van der Waals surface area contributed by atoms with Gasteiger partial charge in [0, 0.05) is 0 Å². The highest BCUT2D eigenvalue weighted by Crippen LogP contribution is 2.33. The van der Waals surface area contributed by atoms with Gasteiger partial charge in [-0.15, -0.1) is 0 Å². The molecule has 1 N–H and O–H groups in total. The van der Waals surface area contributed by atoms with E-state index in [0.717, 1.165) is 6.07 Å². The van der Waals surface area contributed by atoms with Crippen molar-refractivity contribution in [1.82, 2.24) is 0 Å². The molecule has 80 valence electrons. The number of aliphatic hydroxyl groups excluding tert-OH is 1. The van der Waals surface area contributed by atoms with E-state index >= 15 is 0 Å². The number of hydrogen-bond acceptors (Lipinski definition) is 2. The first-order valence-electron chi connectivity index (χ1n) is 4.12. The minimum absolute atomic E-state index is 0.00447. The summed E-state index contributed by atoms with van der Waals surface area (Å²) in [4.78, 5) is 0. The molecule has 0 aliphatic carbocycles. The Kier molecular flexibility index (Phi) is 3.01. The van der Waals surface area contributed by atoms with E-state index in [9.17, 15) is 13.2 Å². The summed E-state index contributed by atoms with van der Waals surface area (Å²) in [7, 11) is 0. The van der Waals surface area contributed by atoms with Gasteiger partial charge in [0.1, 0.15) is 6.07 Å². The van der Waals surface area contributed by atoms with E-state index < -0.39 is 23.9 Å². The molecule has 0 saturated carbocycles. The lowest BCUT2D eigenvalue weighted by Gasteiger charge is -2.12. The summed E-state index contributed by atoms with van der Waals surface area (Å²) in [6.45, 7) is 0.906. The first-order chi connectivity index (χ1) is 6.90. The maximum Gasteiger partial charge on any atom is 0.417 e. The highest BCUT2D eigenvalue weighted by Gasteiger charge is 2.34. The largest absolute Gasteiger partial charge is 0.417 e. The normalized spacial score (nSPS) is 11.2. The van der Waals surface area contributed by atoms with E-state index in [1.807, 2.05) is 0 Å². The van der Waals surface area contributed by atoms with Crippen LogP contribution < -0.4 is 0 Å². The zero-order valence-electron chi connectivity index (χ0n) is 7.89. The number of halogens is 3. The fourth-order valence-electron chi connectivity index (χ4n) is 1.34. The summed E-state index contributed by atoms with van der Waals surface area (Å²) in [5, 5.41) is 17.5. The van der Waals surface area contributed by atoms with Crippen LogP contribution in [0.1, 0.15) is 22.3 Å². The van der Waals surface area contributed by atoms with Crippen LogP contribution >= 0.6 is 0 Å². The zero-order chi connectivity index (χ0) is 11.6. The SMILES string of the molecule is Cc1cc(CO)c(C#N)c(C(F)(F)F)c1. The van der Waals surface area contributed by atoms with Gasteiger partial charge < -0.3 is 5.11 Å². The summed E-state index contributed by atoms with van der Waals surface area (Å²) in [6.07, 6.45) is -4.57. The van der Waals surface area contributed by atoms with Crippen LogP contribution in [0.4, 0.5) is 13.2 Å². The highest BCUT2D eigenvalue weighted by molar-refractivity contribution is 5.47. The Bertz CT molecular complexity index is 418. The molecule has 0 atom stereocenters. The van der Waals surface area contributed by atoms with Crippen molar-refractivity contribution in [3.05, 3.63) is 34.4 Å². The molecule has 15 heavy (non-hydrogen) atoms. The van der Waals surface area contributed by atoms with Crippen LogP contribution in [0.5, 0.6) is 0 Å². The van der Waals surface area contributed by atoms with Crippen LogP contribution in [0, 0.1) is 18.3 Å². The predicted molar refractivity (Wildman–Crippen MR) is 46.8 cm³/mol. The van der Waals surface area contributed by atoms with Crippen molar-refractivity contribution in [3.63, 3.8) is 0 Å². The van der Waals surface area contributed by atoms with Crippen LogP contribution in [0.25, 0.3) is 0 Å². The van der Waals surface area contributed by atoms with E-state index in [1.54, 1.807) is 0 Å². The Labute approximate surface area is 84.6 Å². The highest BCUT2D eigenvalue weighted by atomic mass is 19.4. The fraction of sp³-hybridized carbons (Fsp3) is 0.300. The van der Waals surface area contributed by atoms with E-state index in [2.05, 4.69) is 0 Å². The topological polar surface area (TPSA) is 44.0 Å². The molecule has 0 bridgehead atoms. The van der Waals surface area contributed by atoms with Gasteiger partial charge in [0.2, 0.25) is 0 Å². The second-order valence-electron chi connectivity index (χ2n) is 3.11. The van der Waals surface area contributed by atoms with Gasteiger partial charge in [-0.25, -0.2) is 0 Å². The Morgan fingerprint density at radius 3 is 2.40 bits per heavy atom. The third-order valence-corrected chi connectivity index (χ3v) is 1.95. The summed E-state index contributed by atoms with van der Waals surface area (Å²) in [6, 6.07) is 3.74. The summed E-state index contributed by atoms with van der Waals surface area (Å²) in [5.74, 6) is 0. The van der Waals surface area contributed by atoms with Crippen molar-refractivity contribution < 1.29 is 18.3 Å². The number of nitriles is 1. The number of alkyl halides is 3. The number of aliphatic hydroxyl groups is 1. The van der Waals surface area contributed by atoms with Crippen molar-refractivity contribution in [2.75, 3.05) is 0 Å². The molecule has 0 saturated heterocycles. The van der Waals surface area contributed by atoms with E-state index in [0.29, 0.717) is 5.56 Å². The van der Waals surface area contributed by atoms with E-state index in [-0.39, 0.29) is 5.56 Å². The molecule has 0 heterocycles. The molecule has 0 unspecified atom stereocenters. The Morgan fingerprint density at radius 2 is 2.00 bits per heavy atom. The van der Waals surface area contributed by atoms with Gasteiger partial charge in [-0.1, -0.05) is 11.6 Å². The standard InChI is InChI=1S/C10H8F3NO/c1-6-2-7(5-15)8(4-14)9(3-6)10(11,12)13/h2-3,15H,5H2,1H3. The predicted octanol–water partition coefficient (Wildman–Crippen LogP) is 2.38. The molecular formula is C10H8F3NO. The number of aryl methyl sites for hydroxylation is 1. The molecule has 0 aromatic heterocycles. The fourth-order valence-corrected chi connectivity index (χ4v) is 1.34. The summed E-state index contributed by atoms with van der Waals surface area (Å²) in [5.41, 5.74) is -1.13. The molecule has 5 heteroatoms. The van der Waals surface area contributed by atoms with Gasteiger partial charge in [-0.3, -0.25) is 0 Å². The molecule has 2 nitrogen and oxygen atoms in total. The Morgan fingerprint density at radius 1 is 1.40 bits per heavy atom. The first kappa shape index (κ1) is 11.5. The monoisotopic (exact) mass is 215 g/mol. The lowest BCUT2D eigenvalue weighted by molar-refractivity contribution is -0.137. The summed E-state index contributed by atoms with van der Waals surface area (Å²) >= 11 is 0. The smallest absolute Gasteiger partial charge is 0.392 e. The van der Waals surface area contributed by atoms with E-state index in [1.165, 1.54) is 19.1 Å². The average Bonchev–Trinajstić information content (AvgIpc) is 2.15. The second-order valence-corrected chi connectivity index (χ2v) is 3.11. The maximum absolute atomic E-state index is 12.5. The molecular weight excluding hydrogens is 207 g/mol. The number of rotatable bonds is 1. The molecule has 1 aromatic rings. The van der Waals surface area contributed by atoms with Crippen LogP contribution in [-0.4, -0.2) is 5.11 Å². The molecule has 0 spiro atoms. The van der Waals surface area contributed by atoms with Crippen molar-refractivity contribution >= 4 is 0 Å². The molecule has 1 rings (SSSR count). The van der Waals surface area contributed by atoms with Gasteiger partial charge in [0.25, 0.3) is 0 Å². The molecule has 0 aliphatic rings. The zero-order valence-corrected chi connectivity index (χ0v) is 7.89. The minimum atomic E-state index is -4.57. The second kappa shape index (κ2) is 3.91. The summed E-state index contributed by atoms with van der Waals surface area (Å²) < 4.78 is 37.5. The number of benzene rings is 1. The number of hydrogen-bond donors (Lipinski definition) is 1. The Hall–Kier alpha value is -1.54. The van der Waals surface area contributed by atoms with Gasteiger partial charge in [-0.2, -0.15) is 18.4 Å². The van der Waals surface area contributed by atoms with Crippen molar-refractivity contribution in [1.29, 1.82) is 5.26 Å². The maximum atomic E-state index is 12.5. The quantitative estimate of drug-likeness (QED) is 0.781. The van der Waals surface area contributed by atoms with Gasteiger partial charge in [0.15, 0.2) is 0 Å². The Balaban J connectivity index is 3.51. The minimum Gasteiger partial charge on any atom is -0.392 e. The van der Waals surface area contributed by atoms with Gasteiger partial charge in [0.05, 0.1) is 17.7 Å². The van der Waals surface area contributed by atoms with Gasteiger partial charge in [-0.05, 0) is 18.6 Å². The molecule has 0 radical (unpaired) electrons. The molecule has 1 aromatic carbocycles. The lowest BCUT2D eigenvalue weighted by Crippen LogP contribution is -2.10. The average molecular weight is 215 g/mol. The third kappa shape index (κ3) is 2.28. The third-order valence-electron chi connectivity index (χ3n) is 1.95. The van der Waals surface area contributed by atoms with Crippen LogP contribution in [0.15, 0.2) is 12.1 Å². The van der Waals surface area contributed by atoms with E-state index in [4.69, 9.17) is 10.4 Å². The van der Waals surface area contributed by atoms with Gasteiger partial charge >= 0.3 is 6.18 Å². The molecule has 0 amide bonds. The van der Waals surface area contributed by atoms with Crippen molar-refractivity contribution in [2.24, 2.45) is 0 Å². The van der Waals surface area contributed by atoms with Crippen LogP contribution in [0.2, 0.25) is 0 Å². The lowest BCUT2D eigenvalue weighted by atomic mass is 9.99. The van der Waals surface area contributed by atoms with Crippen LogP contribution in [-0.2, 0) is 12.8 Å². The first-order valence-corrected chi connectivity index (χ1v) is 4.12.